The summed E-state index contributed by atoms with van der Waals surface area (Å²) in [5.41, 5.74) is 6.16. The predicted octanol–water partition coefficient (Wildman–Crippen LogP) is 1.48. The van der Waals surface area contributed by atoms with Crippen LogP contribution in [0.4, 0.5) is 0 Å². The minimum Gasteiger partial charge on any atom is -0.348 e. The van der Waals surface area contributed by atoms with Crippen molar-refractivity contribution in [2.24, 2.45) is 5.73 Å². The zero-order chi connectivity index (χ0) is 10.6. The van der Waals surface area contributed by atoms with Crippen LogP contribution in [0.3, 0.4) is 0 Å². The number of rotatable bonds is 3. The van der Waals surface area contributed by atoms with Crippen molar-refractivity contribution < 1.29 is 4.79 Å². The molecule has 3 nitrogen and oxygen atoms in total. The second-order valence-corrected chi connectivity index (χ2v) is 3.48. The van der Waals surface area contributed by atoms with Gasteiger partial charge < -0.3 is 11.1 Å². The van der Waals surface area contributed by atoms with Crippen LogP contribution in [-0.2, 0) is 4.79 Å². The summed E-state index contributed by atoms with van der Waals surface area (Å²) >= 11 is 5.82. The lowest BCUT2D eigenvalue weighted by Gasteiger charge is -2.13. The highest BCUT2D eigenvalue weighted by atomic mass is 35.5. The van der Waals surface area contributed by atoms with Gasteiger partial charge in [-0.2, -0.15) is 0 Å². The van der Waals surface area contributed by atoms with E-state index < -0.39 is 0 Å². The highest BCUT2D eigenvalue weighted by Crippen LogP contribution is 2.16. The first-order valence-corrected chi connectivity index (χ1v) is 4.76. The highest BCUT2D eigenvalue weighted by molar-refractivity contribution is 6.30. The first-order valence-electron chi connectivity index (χ1n) is 4.38. The van der Waals surface area contributed by atoms with Crippen molar-refractivity contribution in [2.45, 2.75) is 13.0 Å². The molecule has 1 aromatic rings. The molecule has 0 aliphatic carbocycles. The van der Waals surface area contributed by atoms with Crippen molar-refractivity contribution in [1.29, 1.82) is 0 Å². The van der Waals surface area contributed by atoms with Gasteiger partial charge in [-0.15, -0.1) is 0 Å². The van der Waals surface area contributed by atoms with Gasteiger partial charge in [0.1, 0.15) is 0 Å². The largest absolute Gasteiger partial charge is 0.348 e. The van der Waals surface area contributed by atoms with Gasteiger partial charge in [-0.25, -0.2) is 0 Å². The molecule has 0 aliphatic heterocycles. The number of nitrogens with one attached hydrogen (secondary N) is 1. The van der Waals surface area contributed by atoms with Gasteiger partial charge in [0.05, 0.1) is 12.6 Å². The van der Waals surface area contributed by atoms with Gasteiger partial charge in [0.2, 0.25) is 5.91 Å². The second-order valence-electron chi connectivity index (χ2n) is 3.05. The lowest BCUT2D eigenvalue weighted by Crippen LogP contribution is -2.32. The van der Waals surface area contributed by atoms with Gasteiger partial charge in [-0.3, -0.25) is 4.79 Å². The number of carbonyl (C=O) groups excluding carboxylic acids is 1. The quantitative estimate of drug-likeness (QED) is 0.798. The van der Waals surface area contributed by atoms with Gasteiger partial charge in [0, 0.05) is 5.02 Å². The molecule has 1 amide bonds. The Morgan fingerprint density at radius 1 is 1.64 bits per heavy atom. The predicted molar refractivity (Wildman–Crippen MR) is 57.1 cm³/mol. The summed E-state index contributed by atoms with van der Waals surface area (Å²) < 4.78 is 0. The summed E-state index contributed by atoms with van der Waals surface area (Å²) in [6, 6.07) is 7.31. The number of amides is 1. The van der Waals surface area contributed by atoms with Gasteiger partial charge in [-0.05, 0) is 24.6 Å². The first-order chi connectivity index (χ1) is 6.63. The van der Waals surface area contributed by atoms with Crippen LogP contribution in [0.5, 0.6) is 0 Å². The Labute approximate surface area is 88.2 Å². The molecule has 1 rings (SSSR count). The molecule has 0 saturated carbocycles. The SMILES string of the molecule is C[C@H](NC(=O)CN)c1cccc(Cl)c1. The van der Waals surface area contributed by atoms with Crippen molar-refractivity contribution >= 4 is 17.5 Å². The minimum atomic E-state index is -0.169. The Kier molecular flexibility index (Phi) is 3.92. The number of hydrogen-bond donors (Lipinski definition) is 2. The average Bonchev–Trinajstić information content (AvgIpc) is 2.17. The van der Waals surface area contributed by atoms with Crippen molar-refractivity contribution in [1.82, 2.24) is 5.32 Å². The van der Waals surface area contributed by atoms with E-state index in [0.29, 0.717) is 5.02 Å². The monoisotopic (exact) mass is 212 g/mol. The van der Waals surface area contributed by atoms with Crippen molar-refractivity contribution in [2.75, 3.05) is 6.54 Å². The van der Waals surface area contributed by atoms with Gasteiger partial charge in [0.25, 0.3) is 0 Å². The van der Waals surface area contributed by atoms with Gasteiger partial charge in [0.15, 0.2) is 0 Å². The number of halogens is 1. The van der Waals surface area contributed by atoms with Crippen LogP contribution in [0.2, 0.25) is 5.02 Å². The van der Waals surface area contributed by atoms with E-state index in [2.05, 4.69) is 5.32 Å². The summed E-state index contributed by atoms with van der Waals surface area (Å²) in [4.78, 5) is 11.0. The fraction of sp³-hybridized carbons (Fsp3) is 0.300. The summed E-state index contributed by atoms with van der Waals surface area (Å²) in [7, 11) is 0. The third-order valence-corrected chi connectivity index (χ3v) is 2.15. The molecule has 4 heteroatoms. The maximum Gasteiger partial charge on any atom is 0.234 e. The Morgan fingerprint density at radius 3 is 2.93 bits per heavy atom. The van der Waals surface area contributed by atoms with Crippen molar-refractivity contribution in [3.63, 3.8) is 0 Å². The smallest absolute Gasteiger partial charge is 0.234 e. The molecule has 1 atom stereocenters. The van der Waals surface area contributed by atoms with E-state index in [1.54, 1.807) is 6.07 Å². The van der Waals surface area contributed by atoms with Crippen LogP contribution in [0.15, 0.2) is 24.3 Å². The Balaban J connectivity index is 2.69. The van der Waals surface area contributed by atoms with E-state index in [1.807, 2.05) is 25.1 Å². The van der Waals surface area contributed by atoms with Crippen molar-refractivity contribution in [3.8, 4) is 0 Å². The third kappa shape index (κ3) is 3.01. The van der Waals surface area contributed by atoms with E-state index in [1.165, 1.54) is 0 Å². The molecule has 0 spiro atoms. The average molecular weight is 213 g/mol. The Bertz CT molecular complexity index is 328. The lowest BCUT2D eigenvalue weighted by atomic mass is 10.1. The molecule has 0 radical (unpaired) electrons. The second kappa shape index (κ2) is 4.98. The molecule has 14 heavy (non-hydrogen) atoms. The molecule has 76 valence electrons. The lowest BCUT2D eigenvalue weighted by molar-refractivity contribution is -0.120. The van der Waals surface area contributed by atoms with Crippen LogP contribution < -0.4 is 11.1 Å². The van der Waals surface area contributed by atoms with Gasteiger partial charge >= 0.3 is 0 Å². The molecule has 1 aromatic carbocycles. The summed E-state index contributed by atoms with van der Waals surface area (Å²) in [5, 5.41) is 3.41. The van der Waals surface area contributed by atoms with Crippen molar-refractivity contribution in [3.05, 3.63) is 34.9 Å². The zero-order valence-corrected chi connectivity index (χ0v) is 8.71. The standard InChI is InChI=1S/C10H13ClN2O/c1-7(13-10(14)6-12)8-3-2-4-9(11)5-8/h2-5,7H,6,12H2,1H3,(H,13,14)/t7-/m0/s1. The fourth-order valence-electron chi connectivity index (χ4n) is 1.16. The fourth-order valence-corrected chi connectivity index (χ4v) is 1.36. The molecule has 0 aliphatic rings. The molecule has 3 N–H and O–H groups in total. The minimum absolute atomic E-state index is 0.00487. The molecular formula is C10H13ClN2O. The van der Waals surface area contributed by atoms with E-state index >= 15 is 0 Å². The highest BCUT2D eigenvalue weighted by Gasteiger charge is 2.07. The molecule has 0 saturated heterocycles. The molecule has 0 aromatic heterocycles. The molecular weight excluding hydrogens is 200 g/mol. The van der Waals surface area contributed by atoms with E-state index in [0.717, 1.165) is 5.56 Å². The van der Waals surface area contributed by atoms with Crippen LogP contribution in [0, 0.1) is 0 Å². The Morgan fingerprint density at radius 2 is 2.36 bits per heavy atom. The summed E-state index contributed by atoms with van der Waals surface area (Å²) in [6.45, 7) is 1.89. The maximum atomic E-state index is 11.0. The number of nitrogens with two attached hydrogens (primary N) is 1. The summed E-state index contributed by atoms with van der Waals surface area (Å²) in [6.07, 6.45) is 0. The van der Waals surface area contributed by atoms with E-state index in [-0.39, 0.29) is 18.5 Å². The summed E-state index contributed by atoms with van der Waals surface area (Å²) in [5.74, 6) is -0.169. The molecule has 0 heterocycles. The Hall–Kier alpha value is -1.06. The van der Waals surface area contributed by atoms with Crippen LogP contribution in [0.25, 0.3) is 0 Å². The van der Waals surface area contributed by atoms with E-state index in [4.69, 9.17) is 17.3 Å². The third-order valence-electron chi connectivity index (χ3n) is 1.91. The van der Waals surface area contributed by atoms with Crippen LogP contribution >= 0.6 is 11.6 Å². The number of hydrogen-bond acceptors (Lipinski definition) is 2. The normalized spacial score (nSPS) is 12.2. The maximum absolute atomic E-state index is 11.0. The zero-order valence-electron chi connectivity index (χ0n) is 7.96. The number of carbonyl (C=O) groups is 1. The number of benzene rings is 1. The first kappa shape index (κ1) is 11.0. The van der Waals surface area contributed by atoms with Crippen LogP contribution in [-0.4, -0.2) is 12.5 Å². The van der Waals surface area contributed by atoms with E-state index in [9.17, 15) is 4.79 Å². The molecule has 0 bridgehead atoms. The molecule has 0 unspecified atom stereocenters. The molecule has 0 fully saturated rings. The van der Waals surface area contributed by atoms with Gasteiger partial charge in [-0.1, -0.05) is 23.7 Å². The topological polar surface area (TPSA) is 55.1 Å². The van der Waals surface area contributed by atoms with Crippen LogP contribution in [0.1, 0.15) is 18.5 Å².